The molecule has 0 fully saturated rings. The van der Waals surface area contributed by atoms with Crippen LogP contribution in [0.1, 0.15) is 64.7 Å². The maximum atomic E-state index is 13.7. The Labute approximate surface area is 308 Å². The first-order chi connectivity index (χ1) is 25.0. The van der Waals surface area contributed by atoms with Crippen molar-refractivity contribution in [2.75, 3.05) is 16.4 Å². The molecule has 4 aromatic carbocycles. The van der Waals surface area contributed by atoms with E-state index in [1.54, 1.807) is 42.5 Å². The minimum absolute atomic E-state index is 0.0320. The van der Waals surface area contributed by atoms with Gasteiger partial charge in [-0.1, -0.05) is 75.6 Å². The van der Waals surface area contributed by atoms with Crippen LogP contribution in [0.25, 0.3) is 5.69 Å². The lowest BCUT2D eigenvalue weighted by Gasteiger charge is -2.20. The van der Waals surface area contributed by atoms with Gasteiger partial charge in [-0.15, -0.1) is 0 Å². The molecule has 0 saturated heterocycles. The number of aromatic hydroxyl groups is 1. The highest BCUT2D eigenvalue weighted by atomic mass is 35.5. The first-order valence-electron chi connectivity index (χ1n) is 17.4. The zero-order chi connectivity index (χ0) is 37.1. The molecular weight excluding hydrogens is 702 g/mol. The Kier molecular flexibility index (Phi) is 13.0. The van der Waals surface area contributed by atoms with Crippen LogP contribution in [-0.4, -0.2) is 35.3 Å². The van der Waals surface area contributed by atoms with Gasteiger partial charge in [0.2, 0.25) is 9.84 Å². The van der Waals surface area contributed by atoms with E-state index < -0.39 is 15.9 Å². The summed E-state index contributed by atoms with van der Waals surface area (Å²) in [4.78, 5) is 26.6. The number of nitrogen functional groups attached to an aromatic ring is 1. The van der Waals surface area contributed by atoms with Gasteiger partial charge in [-0.3, -0.25) is 14.7 Å². The molecule has 0 aliphatic heterocycles. The third-order valence-electron chi connectivity index (χ3n) is 8.57. The van der Waals surface area contributed by atoms with E-state index in [1.165, 1.54) is 85.0 Å². The average Bonchev–Trinajstić information content (AvgIpc) is 3.49. The molecule has 5 rings (SSSR count). The van der Waals surface area contributed by atoms with Crippen molar-refractivity contribution in [2.45, 2.75) is 80.6 Å². The molecule has 1 aromatic heterocycles. The van der Waals surface area contributed by atoms with Gasteiger partial charge in [0.25, 0.3) is 11.5 Å². The number of benzene rings is 4. The second-order valence-electron chi connectivity index (χ2n) is 12.5. The molecule has 1 atom stereocenters. The Hall–Kier alpha value is -5.20. The summed E-state index contributed by atoms with van der Waals surface area (Å²) >= 11 is 6.50. The third-order valence-corrected chi connectivity index (χ3v) is 10.7. The van der Waals surface area contributed by atoms with Gasteiger partial charge in [-0.2, -0.15) is 0 Å². The number of anilines is 4. The number of unbranched alkanes of at least 4 members (excludes halogenated alkanes) is 7. The first kappa shape index (κ1) is 38.0. The number of hydrogen-bond donors (Lipinski definition) is 5. The number of H-pyrrole nitrogens is 1. The van der Waals surface area contributed by atoms with Crippen LogP contribution in [0.15, 0.2) is 112 Å². The number of aromatic amines is 1. The number of aromatic nitrogens is 2. The summed E-state index contributed by atoms with van der Waals surface area (Å²) in [5.41, 5.74) is 7.56. The van der Waals surface area contributed by atoms with Gasteiger partial charge in [-0.25, -0.2) is 13.1 Å². The second kappa shape index (κ2) is 17.8. The third kappa shape index (κ3) is 9.98. The van der Waals surface area contributed by atoms with Gasteiger partial charge in [0.1, 0.15) is 17.3 Å². The highest BCUT2D eigenvalue weighted by Crippen LogP contribution is 2.30. The van der Waals surface area contributed by atoms with Crippen LogP contribution in [0.4, 0.5) is 22.9 Å². The molecule has 0 aliphatic rings. The normalized spacial score (nSPS) is 12.0. The zero-order valence-electron chi connectivity index (χ0n) is 29.0. The topological polar surface area (TPSA) is 169 Å². The summed E-state index contributed by atoms with van der Waals surface area (Å²) < 4.78 is 33.7. The van der Waals surface area contributed by atoms with E-state index in [0.717, 1.165) is 25.7 Å². The van der Waals surface area contributed by atoms with Crippen LogP contribution in [0, 0.1) is 0 Å². The van der Waals surface area contributed by atoms with Crippen molar-refractivity contribution in [1.82, 2.24) is 9.78 Å². The fourth-order valence-corrected chi connectivity index (χ4v) is 7.15. The van der Waals surface area contributed by atoms with Crippen molar-refractivity contribution in [3.8, 4) is 17.2 Å². The highest BCUT2D eigenvalue weighted by Gasteiger charge is 2.23. The lowest BCUT2D eigenvalue weighted by molar-refractivity contribution is -0.123. The lowest BCUT2D eigenvalue weighted by Crippen LogP contribution is -2.33. The maximum absolute atomic E-state index is 13.7. The van der Waals surface area contributed by atoms with E-state index in [-0.39, 0.29) is 27.0 Å². The maximum Gasteiger partial charge on any atom is 0.273 e. The summed E-state index contributed by atoms with van der Waals surface area (Å²) in [7, 11) is -3.82. The smallest absolute Gasteiger partial charge is 0.273 e. The number of nitrogens with two attached hydrogens (primary N) is 1. The van der Waals surface area contributed by atoms with Crippen molar-refractivity contribution in [3.63, 3.8) is 0 Å². The Bertz CT molecular complexity index is 2110. The summed E-state index contributed by atoms with van der Waals surface area (Å²) in [5.74, 6) is 0.298. The standard InChI is InChI=1S/C39H44ClN5O6S/c1-2-3-4-5-6-7-8-9-14-36(51-29-18-22-31(23-19-29)52(49,50)30-20-16-28(46)17-21-30)39(48)42-27-15-24-32(40)34(25-27)43-37-26-38(47)45(44-37)35-13-11-10-12-33(35)41/h10-13,15-26,36,43-44,46H,2-9,14,41H2,1H3,(H,42,48). The Morgan fingerprint density at radius 1 is 0.885 bits per heavy atom. The second-order valence-corrected chi connectivity index (χ2v) is 14.9. The van der Waals surface area contributed by atoms with E-state index in [1.807, 2.05) is 0 Å². The van der Waals surface area contributed by atoms with Crippen molar-refractivity contribution in [2.24, 2.45) is 0 Å². The SMILES string of the molecule is CCCCCCCCCCC(Oc1ccc(S(=O)(=O)c2ccc(O)cc2)cc1)C(=O)Nc1ccc(Cl)c(Nc2cc(=O)n(-c3ccccc3N)[nH]2)c1. The van der Waals surface area contributed by atoms with Crippen LogP contribution in [-0.2, 0) is 14.6 Å². The van der Waals surface area contributed by atoms with Gasteiger partial charge in [0.15, 0.2) is 6.10 Å². The number of phenolic OH excluding ortho intramolecular Hbond substituents is 1. The number of rotatable bonds is 18. The van der Waals surface area contributed by atoms with Crippen molar-refractivity contribution in [1.29, 1.82) is 0 Å². The number of hydrogen-bond acceptors (Lipinski definition) is 8. The van der Waals surface area contributed by atoms with Gasteiger partial charge < -0.3 is 26.2 Å². The fourth-order valence-electron chi connectivity index (χ4n) is 5.73. The van der Waals surface area contributed by atoms with Gasteiger partial charge in [0.05, 0.1) is 31.9 Å². The molecule has 11 nitrogen and oxygen atoms in total. The summed E-state index contributed by atoms with van der Waals surface area (Å²) in [6, 6.07) is 24.6. The molecular formula is C39H44ClN5O6S. The molecule has 0 saturated carbocycles. The molecule has 0 bridgehead atoms. The van der Waals surface area contributed by atoms with Gasteiger partial charge in [-0.05, 0) is 91.7 Å². The van der Waals surface area contributed by atoms with Crippen LogP contribution in [0.5, 0.6) is 11.5 Å². The predicted octanol–water partition coefficient (Wildman–Crippen LogP) is 8.60. The molecule has 1 amide bonds. The number of para-hydroxylation sites is 2. The Morgan fingerprint density at radius 2 is 1.52 bits per heavy atom. The van der Waals surface area contributed by atoms with Crippen LogP contribution in [0.3, 0.4) is 0 Å². The van der Waals surface area contributed by atoms with E-state index in [0.29, 0.717) is 45.8 Å². The van der Waals surface area contributed by atoms with E-state index in [2.05, 4.69) is 22.7 Å². The fraction of sp³-hybridized carbons (Fsp3) is 0.282. The summed E-state index contributed by atoms with van der Waals surface area (Å²) in [6.45, 7) is 2.19. The summed E-state index contributed by atoms with van der Waals surface area (Å²) in [5, 5.41) is 18.9. The number of carbonyl (C=O) groups is 1. The Balaban J connectivity index is 1.29. The van der Waals surface area contributed by atoms with E-state index >= 15 is 0 Å². The van der Waals surface area contributed by atoms with Crippen LogP contribution < -0.4 is 26.7 Å². The molecule has 1 heterocycles. The molecule has 274 valence electrons. The van der Waals surface area contributed by atoms with Crippen molar-refractivity contribution >= 4 is 50.2 Å². The monoisotopic (exact) mass is 745 g/mol. The molecule has 0 aliphatic carbocycles. The predicted molar refractivity (Wildman–Crippen MR) is 206 cm³/mol. The molecule has 13 heteroatoms. The average molecular weight is 746 g/mol. The minimum Gasteiger partial charge on any atom is -0.508 e. The van der Waals surface area contributed by atoms with Crippen molar-refractivity contribution < 1.29 is 23.1 Å². The number of carbonyl (C=O) groups excluding carboxylic acids is 1. The Morgan fingerprint density at radius 3 is 2.19 bits per heavy atom. The summed E-state index contributed by atoms with van der Waals surface area (Å²) in [6.07, 6.45) is 8.35. The number of sulfone groups is 1. The quantitative estimate of drug-likeness (QED) is 0.0439. The van der Waals surface area contributed by atoms with Gasteiger partial charge in [0, 0.05) is 11.8 Å². The number of halogens is 1. The van der Waals surface area contributed by atoms with Crippen LogP contribution >= 0.6 is 11.6 Å². The molecule has 0 radical (unpaired) electrons. The molecule has 6 N–H and O–H groups in total. The largest absolute Gasteiger partial charge is 0.508 e. The molecule has 1 unspecified atom stereocenters. The first-order valence-corrected chi connectivity index (χ1v) is 19.3. The molecule has 0 spiro atoms. The van der Waals surface area contributed by atoms with Gasteiger partial charge >= 0.3 is 0 Å². The lowest BCUT2D eigenvalue weighted by atomic mass is 10.1. The number of ether oxygens (including phenoxy) is 1. The zero-order valence-corrected chi connectivity index (χ0v) is 30.6. The van der Waals surface area contributed by atoms with Crippen LogP contribution in [0.2, 0.25) is 5.02 Å². The van der Waals surface area contributed by atoms with E-state index in [4.69, 9.17) is 22.1 Å². The van der Waals surface area contributed by atoms with E-state index in [9.17, 15) is 23.1 Å². The van der Waals surface area contributed by atoms with Crippen molar-refractivity contribution in [3.05, 3.63) is 112 Å². The number of phenols is 1. The molecule has 52 heavy (non-hydrogen) atoms. The number of nitrogens with zero attached hydrogens (tertiary/aromatic N) is 1. The highest BCUT2D eigenvalue weighted by molar-refractivity contribution is 7.91. The number of amides is 1. The molecule has 5 aromatic rings. The number of nitrogens with one attached hydrogen (secondary N) is 3. The minimum atomic E-state index is -3.82.